The number of nitrogens with two attached hydrogens (primary N) is 1. The molecule has 0 saturated heterocycles. The summed E-state index contributed by atoms with van der Waals surface area (Å²) in [6.07, 6.45) is 0. The van der Waals surface area contributed by atoms with Crippen LogP contribution in [-0.2, 0) is 6.54 Å². The summed E-state index contributed by atoms with van der Waals surface area (Å²) >= 11 is 0. The second-order valence-electron chi connectivity index (χ2n) is 4.43. The van der Waals surface area contributed by atoms with E-state index in [0.717, 1.165) is 11.3 Å². The number of hydrogen-bond acceptors (Lipinski definition) is 2. The molecule has 0 heterocycles. The topological polar surface area (TPSA) is 46.3 Å². The number of hydrogen-bond donors (Lipinski definition) is 1. The third-order valence-electron chi connectivity index (χ3n) is 3.12. The molecular weight excluding hydrogens is 255 g/mol. The minimum absolute atomic E-state index is 0.215. The Morgan fingerprint density at radius 3 is 2.45 bits per heavy atom. The van der Waals surface area contributed by atoms with E-state index in [4.69, 9.17) is 5.73 Å². The molecule has 2 rings (SSSR count). The lowest BCUT2D eigenvalue weighted by Gasteiger charge is -2.21. The Hall–Kier alpha value is -2.20. The van der Waals surface area contributed by atoms with Crippen molar-refractivity contribution >= 4 is 11.6 Å². The molecule has 0 aliphatic rings. The summed E-state index contributed by atoms with van der Waals surface area (Å²) in [6, 6.07) is 13.2. The summed E-state index contributed by atoms with van der Waals surface area (Å²) in [5.41, 5.74) is 7.68. The Bertz CT molecular complexity index is 596. The first-order chi connectivity index (χ1) is 9.65. The molecule has 2 N–H and O–H groups in total. The van der Waals surface area contributed by atoms with Crippen LogP contribution in [0, 0.1) is 5.82 Å². The zero-order valence-electron chi connectivity index (χ0n) is 11.3. The molecule has 104 valence electrons. The van der Waals surface area contributed by atoms with E-state index in [2.05, 4.69) is 0 Å². The van der Waals surface area contributed by atoms with Crippen LogP contribution in [0.2, 0.25) is 0 Å². The van der Waals surface area contributed by atoms with Crippen molar-refractivity contribution < 1.29 is 9.18 Å². The Labute approximate surface area is 117 Å². The SMILES string of the molecule is CCN(C(=O)c1cccc(F)c1)c1ccc(CN)cc1. The Morgan fingerprint density at radius 2 is 1.90 bits per heavy atom. The van der Waals surface area contributed by atoms with Gasteiger partial charge in [0.05, 0.1) is 0 Å². The summed E-state index contributed by atoms with van der Waals surface area (Å²) in [7, 11) is 0. The molecule has 3 nitrogen and oxygen atoms in total. The molecule has 0 unspecified atom stereocenters. The standard InChI is InChI=1S/C16H17FN2O/c1-2-19(15-8-6-12(11-18)7-9-15)16(20)13-4-3-5-14(17)10-13/h3-10H,2,11,18H2,1H3. The van der Waals surface area contributed by atoms with Crippen LogP contribution in [0.3, 0.4) is 0 Å². The van der Waals surface area contributed by atoms with E-state index in [-0.39, 0.29) is 5.91 Å². The summed E-state index contributed by atoms with van der Waals surface area (Å²) in [6.45, 7) is 2.86. The van der Waals surface area contributed by atoms with E-state index in [1.165, 1.54) is 18.2 Å². The second kappa shape index (κ2) is 6.30. The molecule has 0 aliphatic heterocycles. The number of halogens is 1. The quantitative estimate of drug-likeness (QED) is 0.930. The smallest absolute Gasteiger partial charge is 0.258 e. The van der Waals surface area contributed by atoms with Crippen LogP contribution in [0.25, 0.3) is 0 Å². The first-order valence-corrected chi connectivity index (χ1v) is 6.52. The van der Waals surface area contributed by atoms with Gasteiger partial charge in [0.15, 0.2) is 0 Å². The molecule has 2 aromatic rings. The minimum atomic E-state index is -0.412. The van der Waals surface area contributed by atoms with E-state index in [1.807, 2.05) is 31.2 Å². The van der Waals surface area contributed by atoms with Gasteiger partial charge < -0.3 is 10.6 Å². The van der Waals surface area contributed by atoms with Crippen LogP contribution in [-0.4, -0.2) is 12.5 Å². The predicted octanol–water partition coefficient (Wildman–Crippen LogP) is 2.95. The Morgan fingerprint density at radius 1 is 1.20 bits per heavy atom. The summed E-state index contributed by atoms with van der Waals surface area (Å²) in [5.74, 6) is -0.627. The van der Waals surface area contributed by atoms with Gasteiger partial charge in [-0.05, 0) is 42.8 Å². The molecular formula is C16H17FN2O. The van der Waals surface area contributed by atoms with Crippen LogP contribution in [0.4, 0.5) is 10.1 Å². The van der Waals surface area contributed by atoms with E-state index in [9.17, 15) is 9.18 Å². The molecule has 0 spiro atoms. The lowest BCUT2D eigenvalue weighted by molar-refractivity contribution is 0.0988. The lowest BCUT2D eigenvalue weighted by Crippen LogP contribution is -2.30. The first-order valence-electron chi connectivity index (χ1n) is 6.52. The Balaban J connectivity index is 2.29. The van der Waals surface area contributed by atoms with Gasteiger partial charge in [-0.3, -0.25) is 4.79 Å². The zero-order valence-corrected chi connectivity index (χ0v) is 11.3. The third-order valence-corrected chi connectivity index (χ3v) is 3.12. The van der Waals surface area contributed by atoms with Crippen LogP contribution >= 0.6 is 0 Å². The zero-order chi connectivity index (χ0) is 14.5. The van der Waals surface area contributed by atoms with Crippen molar-refractivity contribution in [2.24, 2.45) is 5.73 Å². The van der Waals surface area contributed by atoms with Gasteiger partial charge in [0.25, 0.3) is 5.91 Å². The van der Waals surface area contributed by atoms with Gasteiger partial charge in [-0.25, -0.2) is 4.39 Å². The van der Waals surface area contributed by atoms with Crippen molar-refractivity contribution in [3.05, 3.63) is 65.5 Å². The van der Waals surface area contributed by atoms with Gasteiger partial charge >= 0.3 is 0 Å². The molecule has 0 saturated carbocycles. The van der Waals surface area contributed by atoms with E-state index < -0.39 is 5.82 Å². The molecule has 0 bridgehead atoms. The van der Waals surface area contributed by atoms with E-state index in [1.54, 1.807) is 11.0 Å². The Kier molecular flexibility index (Phi) is 4.48. The van der Waals surface area contributed by atoms with Gasteiger partial charge in [-0.15, -0.1) is 0 Å². The van der Waals surface area contributed by atoms with Crippen molar-refractivity contribution in [1.82, 2.24) is 0 Å². The first kappa shape index (κ1) is 14.2. The number of nitrogens with zero attached hydrogens (tertiary/aromatic N) is 1. The molecule has 4 heteroatoms. The second-order valence-corrected chi connectivity index (χ2v) is 4.43. The van der Waals surface area contributed by atoms with Crippen molar-refractivity contribution in [2.75, 3.05) is 11.4 Å². The van der Waals surface area contributed by atoms with Gasteiger partial charge in [-0.2, -0.15) is 0 Å². The molecule has 0 atom stereocenters. The van der Waals surface area contributed by atoms with Crippen molar-refractivity contribution in [1.29, 1.82) is 0 Å². The highest BCUT2D eigenvalue weighted by Crippen LogP contribution is 2.18. The van der Waals surface area contributed by atoms with Crippen molar-refractivity contribution in [3.8, 4) is 0 Å². The van der Waals surface area contributed by atoms with Crippen LogP contribution in [0.5, 0.6) is 0 Å². The van der Waals surface area contributed by atoms with Gasteiger partial charge in [0.2, 0.25) is 0 Å². The fourth-order valence-electron chi connectivity index (χ4n) is 2.03. The number of carbonyl (C=O) groups is 1. The maximum absolute atomic E-state index is 13.2. The molecule has 2 aromatic carbocycles. The van der Waals surface area contributed by atoms with Gasteiger partial charge in [0, 0.05) is 24.3 Å². The van der Waals surface area contributed by atoms with Gasteiger partial charge in [-0.1, -0.05) is 18.2 Å². The summed E-state index contributed by atoms with van der Waals surface area (Å²) in [4.78, 5) is 14.0. The van der Waals surface area contributed by atoms with Gasteiger partial charge in [0.1, 0.15) is 5.82 Å². The normalized spacial score (nSPS) is 10.3. The van der Waals surface area contributed by atoms with E-state index >= 15 is 0 Å². The molecule has 1 amide bonds. The van der Waals surface area contributed by atoms with Crippen LogP contribution in [0.15, 0.2) is 48.5 Å². The van der Waals surface area contributed by atoms with Crippen molar-refractivity contribution in [2.45, 2.75) is 13.5 Å². The lowest BCUT2D eigenvalue weighted by atomic mass is 10.1. The molecule has 0 radical (unpaired) electrons. The predicted molar refractivity (Wildman–Crippen MR) is 78.1 cm³/mol. The highest BCUT2D eigenvalue weighted by atomic mass is 19.1. The molecule has 0 aliphatic carbocycles. The highest BCUT2D eigenvalue weighted by molar-refractivity contribution is 6.06. The van der Waals surface area contributed by atoms with Crippen LogP contribution in [0.1, 0.15) is 22.8 Å². The summed E-state index contributed by atoms with van der Waals surface area (Å²) < 4.78 is 13.2. The summed E-state index contributed by atoms with van der Waals surface area (Å²) in [5, 5.41) is 0. The average molecular weight is 272 g/mol. The maximum Gasteiger partial charge on any atom is 0.258 e. The highest BCUT2D eigenvalue weighted by Gasteiger charge is 2.16. The largest absolute Gasteiger partial charge is 0.326 e. The number of rotatable bonds is 4. The fourth-order valence-corrected chi connectivity index (χ4v) is 2.03. The third kappa shape index (κ3) is 3.03. The van der Waals surface area contributed by atoms with Crippen molar-refractivity contribution in [3.63, 3.8) is 0 Å². The fraction of sp³-hybridized carbons (Fsp3) is 0.188. The number of carbonyl (C=O) groups excluding carboxylic acids is 1. The average Bonchev–Trinajstić information content (AvgIpc) is 2.48. The molecule has 0 aromatic heterocycles. The minimum Gasteiger partial charge on any atom is -0.326 e. The number of amides is 1. The molecule has 0 fully saturated rings. The number of benzene rings is 2. The monoisotopic (exact) mass is 272 g/mol. The maximum atomic E-state index is 13.2. The number of anilines is 1. The molecule has 20 heavy (non-hydrogen) atoms. The van der Waals surface area contributed by atoms with Crippen LogP contribution < -0.4 is 10.6 Å². The van der Waals surface area contributed by atoms with E-state index in [0.29, 0.717) is 18.7 Å².